The van der Waals surface area contributed by atoms with Crippen molar-refractivity contribution in [2.75, 3.05) is 5.32 Å². The third-order valence-electron chi connectivity index (χ3n) is 4.61. The van der Waals surface area contributed by atoms with E-state index < -0.39 is 0 Å². The topological polar surface area (TPSA) is 114 Å². The van der Waals surface area contributed by atoms with Crippen LogP contribution in [0.15, 0.2) is 37.2 Å². The summed E-state index contributed by atoms with van der Waals surface area (Å²) in [7, 11) is 0. The average Bonchev–Trinajstić information content (AvgIpc) is 3.26. The molecule has 0 aromatic carbocycles. The summed E-state index contributed by atoms with van der Waals surface area (Å²) in [5.74, 6) is 1.05. The standard InChI is InChI=1S/C17H14N8O/c1-9-13-11(10-2-4-18-5-3-10)6-12(26)23-16(13)25(24-9)17-14-15(20-7-19-14)21-8-22-17/h2-5,7-8,11H,6H2,1H3,(H,23,26)(H,19,20,21,22)/t11-/m1/s1. The largest absolute Gasteiger partial charge is 0.340 e. The quantitative estimate of drug-likeness (QED) is 0.571. The number of hydrogen-bond acceptors (Lipinski definition) is 6. The van der Waals surface area contributed by atoms with Gasteiger partial charge < -0.3 is 10.3 Å². The number of rotatable bonds is 2. The highest BCUT2D eigenvalue weighted by molar-refractivity contribution is 5.95. The van der Waals surface area contributed by atoms with Crippen molar-refractivity contribution >= 4 is 22.9 Å². The van der Waals surface area contributed by atoms with Gasteiger partial charge >= 0.3 is 0 Å². The van der Waals surface area contributed by atoms with Gasteiger partial charge in [0.1, 0.15) is 17.7 Å². The summed E-state index contributed by atoms with van der Waals surface area (Å²) >= 11 is 0. The highest BCUT2D eigenvalue weighted by atomic mass is 16.1. The second-order valence-electron chi connectivity index (χ2n) is 6.14. The van der Waals surface area contributed by atoms with Crippen LogP contribution in [0.4, 0.5) is 5.82 Å². The number of aryl methyl sites for hydroxylation is 1. The molecule has 1 aliphatic rings. The number of carbonyl (C=O) groups excluding carboxylic acids is 1. The number of aromatic nitrogens is 7. The fraction of sp³-hybridized carbons (Fsp3) is 0.176. The lowest BCUT2D eigenvalue weighted by Crippen LogP contribution is -2.25. The lowest BCUT2D eigenvalue weighted by Gasteiger charge is -2.24. The Morgan fingerprint density at radius 3 is 2.88 bits per heavy atom. The molecule has 26 heavy (non-hydrogen) atoms. The number of pyridine rings is 1. The number of amides is 1. The monoisotopic (exact) mass is 346 g/mol. The number of nitrogens with one attached hydrogen (secondary N) is 2. The molecule has 0 spiro atoms. The minimum atomic E-state index is -0.0744. The van der Waals surface area contributed by atoms with E-state index in [-0.39, 0.29) is 11.8 Å². The first-order valence-corrected chi connectivity index (χ1v) is 8.16. The van der Waals surface area contributed by atoms with Crippen LogP contribution in [0.3, 0.4) is 0 Å². The van der Waals surface area contributed by atoms with Gasteiger partial charge in [-0.2, -0.15) is 9.78 Å². The van der Waals surface area contributed by atoms with Crippen molar-refractivity contribution in [2.24, 2.45) is 0 Å². The molecule has 5 rings (SSSR count). The van der Waals surface area contributed by atoms with Crippen molar-refractivity contribution in [3.8, 4) is 5.82 Å². The average molecular weight is 346 g/mol. The number of aromatic amines is 1. The zero-order valence-electron chi connectivity index (χ0n) is 13.8. The SMILES string of the molecule is Cc1nn(-c2ncnc3nc[nH]c23)c2c1[C@@H](c1ccncc1)CC(=O)N2. The highest BCUT2D eigenvalue weighted by Gasteiger charge is 2.33. The number of nitrogens with zero attached hydrogens (tertiary/aromatic N) is 6. The van der Waals surface area contributed by atoms with E-state index in [9.17, 15) is 4.79 Å². The molecule has 4 aromatic heterocycles. The van der Waals surface area contributed by atoms with Crippen molar-refractivity contribution < 1.29 is 4.79 Å². The number of anilines is 1. The van der Waals surface area contributed by atoms with Crippen molar-refractivity contribution in [1.82, 2.24) is 34.7 Å². The summed E-state index contributed by atoms with van der Waals surface area (Å²) in [6.45, 7) is 1.94. The minimum absolute atomic E-state index is 0.0598. The molecule has 0 radical (unpaired) electrons. The van der Waals surface area contributed by atoms with Crippen LogP contribution < -0.4 is 5.32 Å². The molecular weight excluding hydrogens is 332 g/mol. The predicted octanol–water partition coefficient (Wildman–Crippen LogP) is 1.72. The first-order valence-electron chi connectivity index (χ1n) is 8.16. The van der Waals surface area contributed by atoms with Crippen LogP contribution in [0.2, 0.25) is 0 Å². The zero-order valence-corrected chi connectivity index (χ0v) is 13.8. The van der Waals surface area contributed by atoms with Crippen molar-refractivity contribution in [1.29, 1.82) is 0 Å². The van der Waals surface area contributed by atoms with Gasteiger partial charge in [0.2, 0.25) is 5.91 Å². The van der Waals surface area contributed by atoms with E-state index in [1.165, 1.54) is 6.33 Å². The Labute approximate surface area is 147 Å². The summed E-state index contributed by atoms with van der Waals surface area (Å²) in [6.07, 6.45) is 6.84. The normalized spacial score (nSPS) is 16.5. The van der Waals surface area contributed by atoms with Gasteiger partial charge in [0, 0.05) is 30.3 Å². The van der Waals surface area contributed by atoms with Gasteiger partial charge in [0.25, 0.3) is 0 Å². The molecule has 0 fully saturated rings. The number of fused-ring (bicyclic) bond motifs is 2. The number of hydrogen-bond donors (Lipinski definition) is 2. The van der Waals surface area contributed by atoms with Crippen molar-refractivity contribution in [2.45, 2.75) is 19.3 Å². The summed E-state index contributed by atoms with van der Waals surface area (Å²) in [6, 6.07) is 3.86. The minimum Gasteiger partial charge on any atom is -0.340 e. The molecule has 0 unspecified atom stereocenters. The van der Waals surface area contributed by atoms with E-state index in [4.69, 9.17) is 0 Å². The van der Waals surface area contributed by atoms with Gasteiger partial charge in [0.05, 0.1) is 12.0 Å². The fourth-order valence-corrected chi connectivity index (χ4v) is 3.49. The fourth-order valence-electron chi connectivity index (χ4n) is 3.49. The lowest BCUT2D eigenvalue weighted by molar-refractivity contribution is -0.116. The Morgan fingerprint density at radius 1 is 1.19 bits per heavy atom. The first-order chi connectivity index (χ1) is 12.7. The molecule has 4 aromatic rings. The van der Waals surface area contributed by atoms with E-state index >= 15 is 0 Å². The Hall–Kier alpha value is -3.62. The molecule has 1 amide bonds. The molecule has 0 aliphatic carbocycles. The van der Waals surface area contributed by atoms with Crippen LogP contribution in [0.1, 0.15) is 29.2 Å². The molecule has 0 saturated heterocycles. The van der Waals surface area contributed by atoms with E-state index in [0.29, 0.717) is 29.2 Å². The zero-order chi connectivity index (χ0) is 17.7. The van der Waals surface area contributed by atoms with Crippen LogP contribution in [-0.2, 0) is 4.79 Å². The van der Waals surface area contributed by atoms with Gasteiger partial charge in [-0.15, -0.1) is 0 Å². The van der Waals surface area contributed by atoms with E-state index in [1.54, 1.807) is 23.4 Å². The molecule has 9 nitrogen and oxygen atoms in total. The first kappa shape index (κ1) is 14.7. The van der Waals surface area contributed by atoms with Gasteiger partial charge in [-0.25, -0.2) is 15.0 Å². The predicted molar refractivity (Wildman–Crippen MR) is 92.9 cm³/mol. The van der Waals surface area contributed by atoms with E-state index in [2.05, 4.69) is 35.3 Å². The third kappa shape index (κ3) is 2.10. The Kier molecular flexibility index (Phi) is 3.08. The van der Waals surface area contributed by atoms with Crippen LogP contribution in [0.5, 0.6) is 0 Å². The Balaban J connectivity index is 1.74. The van der Waals surface area contributed by atoms with Crippen LogP contribution in [-0.4, -0.2) is 40.6 Å². The van der Waals surface area contributed by atoms with Crippen LogP contribution >= 0.6 is 0 Å². The molecule has 5 heterocycles. The van der Waals surface area contributed by atoms with Gasteiger partial charge in [-0.1, -0.05) is 0 Å². The third-order valence-corrected chi connectivity index (χ3v) is 4.61. The summed E-state index contributed by atoms with van der Waals surface area (Å²) in [5, 5.41) is 7.61. The smallest absolute Gasteiger partial charge is 0.226 e. The molecule has 0 saturated carbocycles. The molecule has 2 N–H and O–H groups in total. The number of H-pyrrole nitrogens is 1. The number of carbonyl (C=O) groups is 1. The summed E-state index contributed by atoms with van der Waals surface area (Å²) in [4.78, 5) is 32.1. The van der Waals surface area contributed by atoms with E-state index in [0.717, 1.165) is 16.8 Å². The second kappa shape index (κ2) is 5.45. The summed E-state index contributed by atoms with van der Waals surface area (Å²) in [5.41, 5.74) is 4.08. The maximum atomic E-state index is 12.4. The highest BCUT2D eigenvalue weighted by Crippen LogP contribution is 2.40. The van der Waals surface area contributed by atoms with Gasteiger partial charge in [0.15, 0.2) is 11.5 Å². The molecule has 1 atom stereocenters. The maximum Gasteiger partial charge on any atom is 0.226 e. The molecule has 128 valence electrons. The molecular formula is C17H14N8O. The molecule has 9 heteroatoms. The summed E-state index contributed by atoms with van der Waals surface area (Å²) < 4.78 is 1.65. The van der Waals surface area contributed by atoms with Gasteiger partial charge in [-0.3, -0.25) is 9.78 Å². The lowest BCUT2D eigenvalue weighted by atomic mass is 9.86. The van der Waals surface area contributed by atoms with Crippen LogP contribution in [0, 0.1) is 6.92 Å². The second-order valence-corrected chi connectivity index (χ2v) is 6.14. The van der Waals surface area contributed by atoms with Gasteiger partial charge in [-0.05, 0) is 24.6 Å². The van der Waals surface area contributed by atoms with Crippen LogP contribution in [0.25, 0.3) is 17.0 Å². The number of imidazole rings is 1. The Morgan fingerprint density at radius 2 is 2.04 bits per heavy atom. The van der Waals surface area contributed by atoms with E-state index in [1.807, 2.05) is 19.1 Å². The molecule has 0 bridgehead atoms. The van der Waals surface area contributed by atoms with Crippen molar-refractivity contribution in [3.05, 3.63) is 54.0 Å². The maximum absolute atomic E-state index is 12.4. The molecule has 1 aliphatic heterocycles. The Bertz CT molecular complexity index is 1130. The van der Waals surface area contributed by atoms with Crippen molar-refractivity contribution in [3.63, 3.8) is 0 Å².